The van der Waals surface area contributed by atoms with Crippen molar-refractivity contribution < 1.29 is 4.79 Å². The minimum Gasteiger partial charge on any atom is -0.320 e. The van der Waals surface area contributed by atoms with Crippen molar-refractivity contribution in [2.24, 2.45) is 0 Å². The Bertz CT molecular complexity index is 850. The lowest BCUT2D eigenvalue weighted by atomic mass is 10.1. The summed E-state index contributed by atoms with van der Waals surface area (Å²) in [7, 11) is 0. The van der Waals surface area contributed by atoms with Gasteiger partial charge in [-0.2, -0.15) is 0 Å². The number of benzene rings is 1. The van der Waals surface area contributed by atoms with Crippen LogP contribution in [0.15, 0.2) is 61.1 Å². The number of anilines is 1. The Balaban J connectivity index is 1.89. The third-order valence-electron chi connectivity index (χ3n) is 3.44. The molecular formula is C18H14ClN3O. The number of halogens is 1. The van der Waals surface area contributed by atoms with Crippen LogP contribution in [0.5, 0.6) is 0 Å². The molecule has 0 aliphatic rings. The van der Waals surface area contributed by atoms with Gasteiger partial charge in [-0.05, 0) is 48.9 Å². The van der Waals surface area contributed by atoms with Crippen LogP contribution in [-0.2, 0) is 0 Å². The lowest BCUT2D eigenvalue weighted by Crippen LogP contribution is -2.13. The number of aryl methyl sites for hydroxylation is 1. The molecule has 0 fully saturated rings. The van der Waals surface area contributed by atoms with Gasteiger partial charge in [-0.25, -0.2) is 0 Å². The van der Waals surface area contributed by atoms with Gasteiger partial charge < -0.3 is 5.32 Å². The number of pyridine rings is 2. The number of carbonyl (C=O) groups excluding carboxylic acids is 1. The lowest BCUT2D eigenvalue weighted by Gasteiger charge is -2.10. The van der Waals surface area contributed by atoms with E-state index in [1.807, 2.05) is 25.1 Å². The van der Waals surface area contributed by atoms with Crippen LogP contribution in [0.2, 0.25) is 5.02 Å². The van der Waals surface area contributed by atoms with Gasteiger partial charge in [0.15, 0.2) is 0 Å². The first kappa shape index (κ1) is 15.2. The molecule has 3 rings (SSSR count). The van der Waals surface area contributed by atoms with Crippen LogP contribution < -0.4 is 5.32 Å². The molecule has 0 atom stereocenters. The maximum absolute atomic E-state index is 12.4. The Morgan fingerprint density at radius 1 is 1.09 bits per heavy atom. The SMILES string of the molecule is Cc1ncc(-c2ccncc2)cc1NC(=O)c1cccc(Cl)c1. The maximum atomic E-state index is 12.4. The first-order valence-electron chi connectivity index (χ1n) is 7.07. The van der Waals surface area contributed by atoms with Crippen molar-refractivity contribution in [2.45, 2.75) is 6.92 Å². The third kappa shape index (κ3) is 3.55. The Hall–Kier alpha value is -2.72. The molecule has 114 valence electrons. The topological polar surface area (TPSA) is 54.9 Å². The number of aromatic nitrogens is 2. The van der Waals surface area contributed by atoms with E-state index in [4.69, 9.17) is 11.6 Å². The molecule has 1 aromatic carbocycles. The number of nitrogens with zero attached hydrogens (tertiary/aromatic N) is 2. The average Bonchev–Trinajstić information content (AvgIpc) is 2.57. The minimum atomic E-state index is -0.218. The number of nitrogens with one attached hydrogen (secondary N) is 1. The van der Waals surface area contributed by atoms with Gasteiger partial charge >= 0.3 is 0 Å². The summed E-state index contributed by atoms with van der Waals surface area (Å²) < 4.78 is 0. The highest BCUT2D eigenvalue weighted by Gasteiger charge is 2.10. The van der Waals surface area contributed by atoms with Crippen LogP contribution in [0.3, 0.4) is 0 Å². The fraction of sp³-hybridized carbons (Fsp3) is 0.0556. The van der Waals surface area contributed by atoms with E-state index in [0.29, 0.717) is 16.3 Å². The highest BCUT2D eigenvalue weighted by atomic mass is 35.5. The van der Waals surface area contributed by atoms with E-state index >= 15 is 0 Å². The largest absolute Gasteiger partial charge is 0.320 e. The van der Waals surface area contributed by atoms with Crippen molar-refractivity contribution in [2.75, 3.05) is 5.32 Å². The van der Waals surface area contributed by atoms with Crippen molar-refractivity contribution in [3.05, 3.63) is 77.3 Å². The van der Waals surface area contributed by atoms with E-state index in [-0.39, 0.29) is 5.91 Å². The van der Waals surface area contributed by atoms with Crippen LogP contribution in [0.1, 0.15) is 16.1 Å². The molecule has 3 aromatic rings. The predicted molar refractivity (Wildman–Crippen MR) is 91.6 cm³/mol. The zero-order valence-electron chi connectivity index (χ0n) is 12.5. The molecule has 0 radical (unpaired) electrons. The number of hydrogen-bond donors (Lipinski definition) is 1. The second-order valence-electron chi connectivity index (χ2n) is 5.06. The monoisotopic (exact) mass is 323 g/mol. The van der Waals surface area contributed by atoms with Gasteiger partial charge in [0, 0.05) is 34.7 Å². The molecule has 5 heteroatoms. The number of carbonyl (C=O) groups is 1. The summed E-state index contributed by atoms with van der Waals surface area (Å²) >= 11 is 5.93. The standard InChI is InChI=1S/C18H14ClN3O/c1-12-17(22-18(23)14-3-2-4-16(19)9-14)10-15(11-21-12)13-5-7-20-8-6-13/h2-11H,1H3,(H,22,23). The molecule has 0 bridgehead atoms. The number of hydrogen-bond acceptors (Lipinski definition) is 3. The smallest absolute Gasteiger partial charge is 0.255 e. The van der Waals surface area contributed by atoms with E-state index in [2.05, 4.69) is 15.3 Å². The summed E-state index contributed by atoms with van der Waals surface area (Å²) in [5.74, 6) is -0.218. The Morgan fingerprint density at radius 3 is 2.61 bits per heavy atom. The van der Waals surface area contributed by atoms with Crippen molar-refractivity contribution in [1.29, 1.82) is 0 Å². The number of rotatable bonds is 3. The average molecular weight is 324 g/mol. The van der Waals surface area contributed by atoms with E-state index in [0.717, 1.165) is 16.8 Å². The highest BCUT2D eigenvalue weighted by molar-refractivity contribution is 6.31. The fourth-order valence-electron chi connectivity index (χ4n) is 2.19. The van der Waals surface area contributed by atoms with Gasteiger partial charge in [-0.1, -0.05) is 17.7 Å². The Labute approximate surface area is 139 Å². The first-order chi connectivity index (χ1) is 11.1. The second-order valence-corrected chi connectivity index (χ2v) is 5.49. The zero-order valence-corrected chi connectivity index (χ0v) is 13.2. The van der Waals surface area contributed by atoms with E-state index in [1.54, 1.807) is 42.9 Å². The normalized spacial score (nSPS) is 10.3. The van der Waals surface area contributed by atoms with Gasteiger partial charge in [0.05, 0.1) is 11.4 Å². The van der Waals surface area contributed by atoms with Crippen LogP contribution >= 0.6 is 11.6 Å². The molecule has 4 nitrogen and oxygen atoms in total. The van der Waals surface area contributed by atoms with Crippen molar-refractivity contribution in [3.63, 3.8) is 0 Å². The third-order valence-corrected chi connectivity index (χ3v) is 3.67. The van der Waals surface area contributed by atoms with Crippen molar-refractivity contribution in [3.8, 4) is 11.1 Å². The van der Waals surface area contributed by atoms with Crippen LogP contribution in [0.25, 0.3) is 11.1 Å². The summed E-state index contributed by atoms with van der Waals surface area (Å²) in [4.78, 5) is 20.7. The van der Waals surface area contributed by atoms with Crippen molar-refractivity contribution >= 4 is 23.2 Å². The predicted octanol–water partition coefficient (Wildman–Crippen LogP) is 4.36. The molecular weight excluding hydrogens is 310 g/mol. The Morgan fingerprint density at radius 2 is 1.87 bits per heavy atom. The molecule has 2 heterocycles. The van der Waals surface area contributed by atoms with Gasteiger partial charge in [0.1, 0.15) is 0 Å². The molecule has 0 spiro atoms. The van der Waals surface area contributed by atoms with Gasteiger partial charge in [-0.3, -0.25) is 14.8 Å². The molecule has 1 N–H and O–H groups in total. The summed E-state index contributed by atoms with van der Waals surface area (Å²) in [6.45, 7) is 1.85. The molecule has 0 aliphatic carbocycles. The fourth-order valence-corrected chi connectivity index (χ4v) is 2.38. The molecule has 0 unspecified atom stereocenters. The van der Waals surface area contributed by atoms with Gasteiger partial charge in [0.2, 0.25) is 0 Å². The zero-order chi connectivity index (χ0) is 16.2. The minimum absolute atomic E-state index is 0.218. The maximum Gasteiger partial charge on any atom is 0.255 e. The molecule has 2 aromatic heterocycles. The van der Waals surface area contributed by atoms with Crippen LogP contribution in [0.4, 0.5) is 5.69 Å². The molecule has 0 saturated heterocycles. The lowest BCUT2D eigenvalue weighted by molar-refractivity contribution is 0.102. The summed E-state index contributed by atoms with van der Waals surface area (Å²) in [6.07, 6.45) is 5.22. The molecule has 1 amide bonds. The summed E-state index contributed by atoms with van der Waals surface area (Å²) in [5.41, 5.74) is 3.83. The van der Waals surface area contributed by atoms with E-state index in [9.17, 15) is 4.79 Å². The summed E-state index contributed by atoms with van der Waals surface area (Å²) in [6, 6.07) is 12.5. The second kappa shape index (κ2) is 6.58. The quantitative estimate of drug-likeness (QED) is 0.779. The Kier molecular flexibility index (Phi) is 4.35. The van der Waals surface area contributed by atoms with Crippen LogP contribution in [-0.4, -0.2) is 15.9 Å². The van der Waals surface area contributed by atoms with Crippen molar-refractivity contribution in [1.82, 2.24) is 9.97 Å². The summed E-state index contributed by atoms with van der Waals surface area (Å²) in [5, 5.41) is 3.41. The van der Waals surface area contributed by atoms with E-state index in [1.165, 1.54) is 0 Å². The molecule has 0 saturated carbocycles. The van der Waals surface area contributed by atoms with Crippen LogP contribution in [0, 0.1) is 6.92 Å². The van der Waals surface area contributed by atoms with Gasteiger partial charge in [-0.15, -0.1) is 0 Å². The number of amides is 1. The van der Waals surface area contributed by atoms with E-state index < -0.39 is 0 Å². The highest BCUT2D eigenvalue weighted by Crippen LogP contribution is 2.23. The van der Waals surface area contributed by atoms with Gasteiger partial charge in [0.25, 0.3) is 5.91 Å². The first-order valence-corrected chi connectivity index (χ1v) is 7.45. The molecule has 0 aliphatic heterocycles. The molecule has 23 heavy (non-hydrogen) atoms.